The molecule has 4 bridgehead atoms. The minimum absolute atomic E-state index is 0.105. The summed E-state index contributed by atoms with van der Waals surface area (Å²) in [6.45, 7) is 9.63. The van der Waals surface area contributed by atoms with E-state index in [4.69, 9.17) is 9.47 Å². The third kappa shape index (κ3) is 3.42. The first-order valence-electron chi connectivity index (χ1n) is 9.27. The van der Waals surface area contributed by atoms with Crippen LogP contribution in [0.4, 0.5) is 0 Å². The molecule has 6 atom stereocenters. The van der Waals surface area contributed by atoms with E-state index in [1.807, 2.05) is 26.8 Å². The van der Waals surface area contributed by atoms with Crippen molar-refractivity contribution < 1.29 is 24.5 Å². The molecule has 0 radical (unpaired) electrons. The maximum Gasteiger partial charge on any atom is 0.334 e. The number of carbonyl (C=O) groups is 1. The summed E-state index contributed by atoms with van der Waals surface area (Å²) in [4.78, 5) is 12.5. The second kappa shape index (κ2) is 6.53. The zero-order valence-corrected chi connectivity index (χ0v) is 15.5. The van der Waals surface area contributed by atoms with Gasteiger partial charge in [-0.2, -0.15) is 0 Å². The van der Waals surface area contributed by atoms with Crippen LogP contribution in [0, 0.1) is 5.92 Å². The zero-order chi connectivity index (χ0) is 18.4. The highest BCUT2D eigenvalue weighted by Crippen LogP contribution is 2.44. The van der Waals surface area contributed by atoms with Crippen LogP contribution in [0.15, 0.2) is 23.8 Å². The van der Waals surface area contributed by atoms with Crippen LogP contribution in [0.5, 0.6) is 0 Å². The summed E-state index contributed by atoms with van der Waals surface area (Å²) in [5.74, 6) is -0.500. The van der Waals surface area contributed by atoms with E-state index in [0.29, 0.717) is 31.3 Å². The van der Waals surface area contributed by atoms with Crippen molar-refractivity contribution in [3.63, 3.8) is 0 Å². The summed E-state index contributed by atoms with van der Waals surface area (Å²) < 4.78 is 12.1. The molecular formula is C20H30O5. The molecule has 3 rings (SSSR count). The van der Waals surface area contributed by atoms with Crippen LogP contribution < -0.4 is 0 Å². The molecule has 2 N–H and O–H groups in total. The SMILES string of the molecule is C=C1C(=O)O[C@]2(C)CC[C@H]1C[C@H](O)/C(C)=C\C[C@H](O)[C@@]1(C)CC[C@@H]2O1. The number of carbonyl (C=O) groups excluding carboxylic acids is 1. The van der Waals surface area contributed by atoms with Crippen molar-refractivity contribution in [3.05, 3.63) is 23.8 Å². The Hall–Kier alpha value is -1.17. The number of esters is 1. The van der Waals surface area contributed by atoms with Gasteiger partial charge >= 0.3 is 5.97 Å². The van der Waals surface area contributed by atoms with Gasteiger partial charge in [0.25, 0.3) is 0 Å². The molecule has 0 spiro atoms. The van der Waals surface area contributed by atoms with Gasteiger partial charge in [0.1, 0.15) is 5.60 Å². The normalized spacial score (nSPS) is 47.8. The second-order valence-electron chi connectivity index (χ2n) is 8.37. The molecule has 3 heterocycles. The molecule has 0 saturated carbocycles. The summed E-state index contributed by atoms with van der Waals surface area (Å²) in [5, 5.41) is 21.2. The van der Waals surface area contributed by atoms with Crippen molar-refractivity contribution >= 4 is 5.97 Å². The molecule has 0 aromatic rings. The van der Waals surface area contributed by atoms with Gasteiger partial charge in [-0.25, -0.2) is 4.79 Å². The summed E-state index contributed by atoms with van der Waals surface area (Å²) in [7, 11) is 0. The van der Waals surface area contributed by atoms with Crippen molar-refractivity contribution in [3.8, 4) is 0 Å². The van der Waals surface area contributed by atoms with Crippen LogP contribution in [0.1, 0.15) is 59.3 Å². The molecule has 0 amide bonds. The van der Waals surface area contributed by atoms with Crippen LogP contribution in [0.2, 0.25) is 0 Å². The average Bonchev–Trinajstić information content (AvgIpc) is 2.94. The number of rotatable bonds is 0. The van der Waals surface area contributed by atoms with Crippen LogP contribution in [-0.4, -0.2) is 45.7 Å². The van der Waals surface area contributed by atoms with Crippen molar-refractivity contribution in [2.75, 3.05) is 0 Å². The first kappa shape index (κ1) is 18.6. The third-order valence-electron chi connectivity index (χ3n) is 6.47. The first-order valence-corrected chi connectivity index (χ1v) is 9.27. The fourth-order valence-corrected chi connectivity index (χ4v) is 4.29. The number of hydrogen-bond donors (Lipinski definition) is 2. The summed E-state index contributed by atoms with van der Waals surface area (Å²) in [6.07, 6.45) is 4.08. The van der Waals surface area contributed by atoms with Crippen LogP contribution in [0.25, 0.3) is 0 Å². The molecule has 3 aliphatic heterocycles. The molecule has 5 nitrogen and oxygen atoms in total. The highest BCUT2D eigenvalue weighted by Gasteiger charge is 2.51. The van der Waals surface area contributed by atoms with E-state index in [1.54, 1.807) is 0 Å². The lowest BCUT2D eigenvalue weighted by Gasteiger charge is -2.36. The number of hydrogen-bond acceptors (Lipinski definition) is 5. The van der Waals surface area contributed by atoms with E-state index in [1.165, 1.54) is 0 Å². The topological polar surface area (TPSA) is 76.0 Å². The number of aliphatic hydroxyl groups excluding tert-OH is 2. The quantitative estimate of drug-likeness (QED) is 0.399. The van der Waals surface area contributed by atoms with E-state index < -0.39 is 29.4 Å². The monoisotopic (exact) mass is 350 g/mol. The first-order chi connectivity index (χ1) is 11.6. The van der Waals surface area contributed by atoms with E-state index >= 15 is 0 Å². The summed E-state index contributed by atoms with van der Waals surface area (Å²) in [5.41, 5.74) is -0.148. The van der Waals surface area contributed by atoms with Gasteiger partial charge in [0, 0.05) is 5.57 Å². The molecule has 140 valence electrons. The third-order valence-corrected chi connectivity index (χ3v) is 6.47. The minimum atomic E-state index is -0.728. The van der Waals surface area contributed by atoms with Crippen molar-refractivity contribution in [2.24, 2.45) is 5.92 Å². The highest BCUT2D eigenvalue weighted by atomic mass is 16.6. The van der Waals surface area contributed by atoms with Gasteiger partial charge in [0.2, 0.25) is 0 Å². The molecule has 0 unspecified atom stereocenters. The fraction of sp³-hybridized carbons (Fsp3) is 0.750. The highest BCUT2D eigenvalue weighted by molar-refractivity contribution is 5.89. The van der Waals surface area contributed by atoms with Gasteiger partial charge < -0.3 is 19.7 Å². The lowest BCUT2D eigenvalue weighted by Crippen LogP contribution is -2.46. The number of fused-ring (bicyclic) bond motifs is 6. The molecule has 3 aliphatic rings. The Kier molecular flexibility index (Phi) is 4.86. The van der Waals surface area contributed by atoms with Crippen molar-refractivity contribution in [1.82, 2.24) is 0 Å². The van der Waals surface area contributed by atoms with Gasteiger partial charge in [0.05, 0.1) is 23.9 Å². The Balaban J connectivity index is 1.98. The molecular weight excluding hydrogens is 320 g/mol. The predicted octanol–water partition coefficient (Wildman–Crippen LogP) is 2.65. The summed E-state index contributed by atoms with van der Waals surface area (Å²) >= 11 is 0. The maximum absolute atomic E-state index is 12.5. The minimum Gasteiger partial charge on any atom is -0.453 e. The molecule has 0 aliphatic carbocycles. The molecule has 2 saturated heterocycles. The van der Waals surface area contributed by atoms with Gasteiger partial charge in [-0.1, -0.05) is 12.7 Å². The van der Waals surface area contributed by atoms with Crippen LogP contribution >= 0.6 is 0 Å². The number of aliphatic hydroxyl groups is 2. The molecule has 25 heavy (non-hydrogen) atoms. The Morgan fingerprint density at radius 3 is 2.60 bits per heavy atom. The zero-order valence-electron chi connectivity index (χ0n) is 15.5. The van der Waals surface area contributed by atoms with E-state index in [2.05, 4.69) is 6.58 Å². The van der Waals surface area contributed by atoms with E-state index in [0.717, 1.165) is 18.4 Å². The lowest BCUT2D eigenvalue weighted by atomic mass is 9.83. The molecule has 5 heteroatoms. The van der Waals surface area contributed by atoms with Crippen LogP contribution in [0.3, 0.4) is 0 Å². The second-order valence-corrected chi connectivity index (χ2v) is 8.37. The van der Waals surface area contributed by atoms with Gasteiger partial charge in [-0.05, 0) is 70.8 Å². The Morgan fingerprint density at radius 1 is 1.20 bits per heavy atom. The smallest absolute Gasteiger partial charge is 0.334 e. The Morgan fingerprint density at radius 2 is 1.88 bits per heavy atom. The summed E-state index contributed by atoms with van der Waals surface area (Å²) in [6, 6.07) is 0. The van der Waals surface area contributed by atoms with Crippen LogP contribution in [-0.2, 0) is 14.3 Å². The van der Waals surface area contributed by atoms with Gasteiger partial charge in [-0.15, -0.1) is 0 Å². The van der Waals surface area contributed by atoms with Crippen molar-refractivity contribution in [2.45, 2.75) is 88.8 Å². The Bertz CT molecular complexity index is 597. The molecule has 2 fully saturated rings. The molecule has 0 aromatic carbocycles. The largest absolute Gasteiger partial charge is 0.453 e. The molecule has 0 aromatic heterocycles. The van der Waals surface area contributed by atoms with Gasteiger partial charge in [-0.3, -0.25) is 0 Å². The number of ether oxygens (including phenoxy) is 2. The maximum atomic E-state index is 12.5. The van der Waals surface area contributed by atoms with Crippen molar-refractivity contribution in [1.29, 1.82) is 0 Å². The Labute approximate surface area is 149 Å². The average molecular weight is 350 g/mol. The fourth-order valence-electron chi connectivity index (χ4n) is 4.29. The predicted molar refractivity (Wildman–Crippen MR) is 93.9 cm³/mol. The van der Waals surface area contributed by atoms with E-state index in [-0.39, 0.29) is 12.0 Å². The lowest BCUT2D eigenvalue weighted by molar-refractivity contribution is -0.186. The van der Waals surface area contributed by atoms with E-state index in [9.17, 15) is 15.0 Å². The standard InChI is InChI=1S/C20H30O5/c1-12-5-6-16(22)19(3)10-8-17(24-19)20(4)9-7-14(11-15(12)21)13(2)18(23)25-20/h5,14-17,21-22H,2,6-11H2,1,3-4H3/b12-5-/t14-,15-,16-,17-,19+,20+/m0/s1. The van der Waals surface area contributed by atoms with Gasteiger partial charge in [0.15, 0.2) is 0 Å².